The van der Waals surface area contributed by atoms with Gasteiger partial charge in [-0.05, 0) is 18.6 Å². The zero-order valence-corrected chi connectivity index (χ0v) is 14.4. The minimum Gasteiger partial charge on any atom is -0.452 e. The number of hydrogen-bond donors (Lipinski definition) is 1. The monoisotopic (exact) mass is 357 g/mol. The van der Waals surface area contributed by atoms with E-state index < -0.39 is 23.4 Å². The average Bonchev–Trinajstić information content (AvgIpc) is 2.65. The molecule has 26 heavy (non-hydrogen) atoms. The molecule has 0 spiro atoms. The van der Waals surface area contributed by atoms with Gasteiger partial charge in [0, 0.05) is 24.9 Å². The van der Waals surface area contributed by atoms with Gasteiger partial charge in [-0.25, -0.2) is 4.79 Å². The number of amides is 1. The largest absolute Gasteiger partial charge is 0.452 e. The Kier molecular flexibility index (Phi) is 5.90. The Morgan fingerprint density at radius 2 is 1.88 bits per heavy atom. The molecule has 0 aromatic heterocycles. The highest BCUT2D eigenvalue weighted by Crippen LogP contribution is 2.21. The number of anilines is 1. The van der Waals surface area contributed by atoms with Crippen LogP contribution in [0.2, 0.25) is 0 Å². The molecular formula is C18H19N3O5. The standard InChI is InChI=1S/C18H19N3O5/c1-12(13-6-4-3-5-7-13)20(2)17(22)11-26-18(23)15-10-14(21(24)25)8-9-16(15)19/h3-10,12H,11,19H2,1-2H3. The summed E-state index contributed by atoms with van der Waals surface area (Å²) in [5.74, 6) is -1.29. The summed E-state index contributed by atoms with van der Waals surface area (Å²) in [6, 6.07) is 12.7. The molecule has 0 aliphatic heterocycles. The van der Waals surface area contributed by atoms with E-state index in [-0.39, 0.29) is 23.0 Å². The second-order valence-corrected chi connectivity index (χ2v) is 5.70. The molecule has 0 saturated heterocycles. The molecule has 0 aliphatic rings. The van der Waals surface area contributed by atoms with Gasteiger partial charge in [-0.1, -0.05) is 30.3 Å². The Morgan fingerprint density at radius 3 is 2.50 bits per heavy atom. The Hall–Kier alpha value is -3.42. The van der Waals surface area contributed by atoms with E-state index in [1.54, 1.807) is 7.05 Å². The molecule has 2 N–H and O–H groups in total. The van der Waals surface area contributed by atoms with Crippen molar-refractivity contribution >= 4 is 23.3 Å². The van der Waals surface area contributed by atoms with E-state index in [2.05, 4.69) is 0 Å². The van der Waals surface area contributed by atoms with Crippen LogP contribution in [0.3, 0.4) is 0 Å². The zero-order valence-electron chi connectivity index (χ0n) is 14.4. The lowest BCUT2D eigenvalue weighted by molar-refractivity contribution is -0.384. The van der Waals surface area contributed by atoms with Crippen LogP contribution in [0, 0.1) is 10.1 Å². The second kappa shape index (κ2) is 8.11. The van der Waals surface area contributed by atoms with Gasteiger partial charge in [-0.3, -0.25) is 14.9 Å². The fraction of sp³-hybridized carbons (Fsp3) is 0.222. The maximum Gasteiger partial charge on any atom is 0.341 e. The van der Waals surface area contributed by atoms with Gasteiger partial charge in [0.1, 0.15) is 0 Å². The number of nitrogens with zero attached hydrogens (tertiary/aromatic N) is 2. The normalized spacial score (nSPS) is 11.5. The van der Waals surface area contributed by atoms with Crippen molar-refractivity contribution in [3.05, 3.63) is 69.8 Å². The predicted molar refractivity (Wildman–Crippen MR) is 95.4 cm³/mol. The van der Waals surface area contributed by atoms with Crippen LogP contribution in [0.1, 0.15) is 28.9 Å². The molecular weight excluding hydrogens is 338 g/mol. The molecule has 0 bridgehead atoms. The van der Waals surface area contributed by atoms with Gasteiger partial charge >= 0.3 is 5.97 Å². The molecule has 8 nitrogen and oxygen atoms in total. The molecule has 0 radical (unpaired) electrons. The Morgan fingerprint density at radius 1 is 1.23 bits per heavy atom. The quantitative estimate of drug-likeness (QED) is 0.368. The van der Waals surface area contributed by atoms with E-state index in [9.17, 15) is 19.7 Å². The molecule has 0 saturated carbocycles. The average molecular weight is 357 g/mol. The van der Waals surface area contributed by atoms with Crippen molar-refractivity contribution in [1.29, 1.82) is 0 Å². The number of nitrogen functional groups attached to an aromatic ring is 1. The topological polar surface area (TPSA) is 116 Å². The first-order chi connectivity index (χ1) is 12.3. The van der Waals surface area contributed by atoms with Crippen molar-refractivity contribution in [2.75, 3.05) is 19.4 Å². The highest BCUT2D eigenvalue weighted by molar-refractivity contribution is 5.97. The maximum atomic E-state index is 12.3. The smallest absolute Gasteiger partial charge is 0.341 e. The van der Waals surface area contributed by atoms with Crippen LogP contribution in [-0.2, 0) is 9.53 Å². The minimum atomic E-state index is -0.889. The predicted octanol–water partition coefficient (Wildman–Crippen LogP) is 2.55. The van der Waals surface area contributed by atoms with Crippen molar-refractivity contribution in [3.8, 4) is 0 Å². The lowest BCUT2D eigenvalue weighted by Gasteiger charge is -2.25. The maximum absolute atomic E-state index is 12.3. The summed E-state index contributed by atoms with van der Waals surface area (Å²) in [7, 11) is 1.61. The van der Waals surface area contributed by atoms with Gasteiger partial charge in [0.25, 0.3) is 11.6 Å². The molecule has 0 heterocycles. The first kappa shape index (κ1) is 18.9. The van der Waals surface area contributed by atoms with Crippen LogP contribution in [0.5, 0.6) is 0 Å². The number of esters is 1. The Balaban J connectivity index is 2.02. The second-order valence-electron chi connectivity index (χ2n) is 5.70. The lowest BCUT2D eigenvalue weighted by atomic mass is 10.1. The number of nitro groups is 1. The van der Waals surface area contributed by atoms with E-state index >= 15 is 0 Å². The third-order valence-corrected chi connectivity index (χ3v) is 4.05. The summed E-state index contributed by atoms with van der Waals surface area (Å²) in [6.45, 7) is 1.36. The molecule has 0 fully saturated rings. The number of non-ortho nitro benzene ring substituents is 1. The van der Waals surface area contributed by atoms with Gasteiger partial charge in [-0.2, -0.15) is 0 Å². The molecule has 2 aromatic carbocycles. The van der Waals surface area contributed by atoms with Crippen molar-refractivity contribution < 1.29 is 19.2 Å². The summed E-state index contributed by atoms with van der Waals surface area (Å²) in [6.07, 6.45) is 0. The van der Waals surface area contributed by atoms with Gasteiger partial charge < -0.3 is 15.4 Å². The Bertz CT molecular complexity index is 823. The van der Waals surface area contributed by atoms with Gasteiger partial charge in [0.05, 0.1) is 16.5 Å². The van der Waals surface area contributed by atoms with Crippen LogP contribution in [0.15, 0.2) is 48.5 Å². The van der Waals surface area contributed by atoms with Crippen molar-refractivity contribution in [3.63, 3.8) is 0 Å². The molecule has 8 heteroatoms. The van der Waals surface area contributed by atoms with Gasteiger partial charge in [0.15, 0.2) is 6.61 Å². The van der Waals surface area contributed by atoms with E-state index in [1.165, 1.54) is 17.0 Å². The van der Waals surface area contributed by atoms with Crippen molar-refractivity contribution in [2.45, 2.75) is 13.0 Å². The molecule has 136 valence electrons. The molecule has 2 rings (SSSR count). The highest BCUT2D eigenvalue weighted by atomic mass is 16.6. The van der Waals surface area contributed by atoms with E-state index in [1.807, 2.05) is 37.3 Å². The molecule has 0 aliphatic carbocycles. The number of nitro benzene ring substituents is 1. The fourth-order valence-corrected chi connectivity index (χ4v) is 2.31. The molecule has 2 aromatic rings. The number of likely N-dealkylation sites (N-methyl/N-ethyl adjacent to an activating group) is 1. The number of rotatable bonds is 6. The van der Waals surface area contributed by atoms with Crippen LogP contribution in [0.25, 0.3) is 0 Å². The summed E-state index contributed by atoms with van der Waals surface area (Å²) in [5, 5.41) is 10.8. The fourth-order valence-electron chi connectivity index (χ4n) is 2.31. The van der Waals surface area contributed by atoms with Crippen LogP contribution < -0.4 is 5.73 Å². The SMILES string of the molecule is CC(c1ccccc1)N(C)C(=O)COC(=O)c1cc([N+](=O)[O-])ccc1N. The highest BCUT2D eigenvalue weighted by Gasteiger charge is 2.21. The number of ether oxygens (including phenoxy) is 1. The number of carbonyl (C=O) groups excluding carboxylic acids is 2. The number of benzene rings is 2. The van der Waals surface area contributed by atoms with Crippen LogP contribution in [-0.4, -0.2) is 35.4 Å². The first-order valence-corrected chi connectivity index (χ1v) is 7.83. The molecule has 1 unspecified atom stereocenters. The summed E-state index contributed by atoms with van der Waals surface area (Å²) >= 11 is 0. The number of carbonyl (C=O) groups is 2. The van der Waals surface area contributed by atoms with Crippen molar-refractivity contribution in [1.82, 2.24) is 4.90 Å². The number of nitrogens with two attached hydrogens (primary N) is 1. The zero-order chi connectivity index (χ0) is 19.3. The minimum absolute atomic E-state index is 0.0408. The van der Waals surface area contributed by atoms with Gasteiger partial charge in [0.2, 0.25) is 0 Å². The summed E-state index contributed by atoms with van der Waals surface area (Å²) in [5.41, 5.74) is 6.21. The molecule has 1 atom stereocenters. The third kappa shape index (κ3) is 4.35. The van der Waals surface area contributed by atoms with E-state index in [0.29, 0.717) is 0 Å². The van der Waals surface area contributed by atoms with Crippen LogP contribution in [0.4, 0.5) is 11.4 Å². The molecule has 1 amide bonds. The third-order valence-electron chi connectivity index (χ3n) is 4.05. The first-order valence-electron chi connectivity index (χ1n) is 7.83. The van der Waals surface area contributed by atoms with Crippen molar-refractivity contribution in [2.24, 2.45) is 0 Å². The Labute approximate surface area is 150 Å². The summed E-state index contributed by atoms with van der Waals surface area (Å²) in [4.78, 5) is 36.0. The van der Waals surface area contributed by atoms with Gasteiger partial charge in [-0.15, -0.1) is 0 Å². The van der Waals surface area contributed by atoms with E-state index in [4.69, 9.17) is 10.5 Å². The van der Waals surface area contributed by atoms with Crippen LogP contribution >= 0.6 is 0 Å². The number of hydrogen-bond acceptors (Lipinski definition) is 6. The summed E-state index contributed by atoms with van der Waals surface area (Å²) < 4.78 is 4.98. The lowest BCUT2D eigenvalue weighted by Crippen LogP contribution is -2.33. The van der Waals surface area contributed by atoms with E-state index in [0.717, 1.165) is 11.6 Å².